The van der Waals surface area contributed by atoms with Gasteiger partial charge in [0, 0.05) is 30.4 Å². The van der Waals surface area contributed by atoms with E-state index in [1.807, 2.05) is 24.3 Å². The molecule has 0 atom stereocenters. The molecule has 0 aromatic carbocycles. The second kappa shape index (κ2) is 5.20. The van der Waals surface area contributed by atoms with Crippen LogP contribution >= 0.6 is 11.3 Å². The first-order valence-electron chi connectivity index (χ1n) is 5.23. The summed E-state index contributed by atoms with van der Waals surface area (Å²) in [6, 6.07) is 0. The monoisotopic (exact) mass is 250 g/mol. The molecule has 1 N–H and O–H groups in total. The first-order chi connectivity index (χ1) is 8.19. The molecule has 0 bridgehead atoms. The molecule has 5 nitrogen and oxygen atoms in total. The third kappa shape index (κ3) is 2.98. The van der Waals surface area contributed by atoms with Gasteiger partial charge in [-0.3, -0.25) is 0 Å². The van der Waals surface area contributed by atoms with E-state index in [1.54, 1.807) is 23.7 Å². The van der Waals surface area contributed by atoms with Crippen LogP contribution in [0.1, 0.15) is 16.3 Å². The zero-order valence-corrected chi connectivity index (χ0v) is 10.6. The van der Waals surface area contributed by atoms with E-state index in [2.05, 4.69) is 15.0 Å². The van der Waals surface area contributed by atoms with E-state index in [1.165, 1.54) is 0 Å². The Morgan fingerprint density at radius 3 is 2.59 bits per heavy atom. The van der Waals surface area contributed by atoms with Crippen molar-refractivity contribution in [3.63, 3.8) is 0 Å². The van der Waals surface area contributed by atoms with Crippen LogP contribution in [0.25, 0.3) is 0 Å². The molecule has 2 aromatic rings. The molecule has 90 valence electrons. The third-order valence-electron chi connectivity index (χ3n) is 2.28. The number of nitrogens with zero attached hydrogens (tertiary/aromatic N) is 4. The summed E-state index contributed by atoms with van der Waals surface area (Å²) in [5.74, 6) is 0.632. The SMILES string of the molecule is Cc1nc(CN(C)c2ncc(CO)cn2)cs1. The molecule has 0 aliphatic heterocycles. The number of thiazole rings is 1. The highest BCUT2D eigenvalue weighted by Crippen LogP contribution is 2.13. The van der Waals surface area contributed by atoms with E-state index >= 15 is 0 Å². The predicted molar refractivity (Wildman–Crippen MR) is 66.9 cm³/mol. The Morgan fingerprint density at radius 2 is 2.06 bits per heavy atom. The number of aliphatic hydroxyl groups excluding tert-OH is 1. The second-order valence-electron chi connectivity index (χ2n) is 3.76. The normalized spacial score (nSPS) is 10.5. The largest absolute Gasteiger partial charge is 0.392 e. The van der Waals surface area contributed by atoms with E-state index in [4.69, 9.17) is 5.11 Å². The van der Waals surface area contributed by atoms with Crippen molar-refractivity contribution >= 4 is 17.3 Å². The van der Waals surface area contributed by atoms with Crippen LogP contribution < -0.4 is 4.90 Å². The third-order valence-corrected chi connectivity index (χ3v) is 3.10. The van der Waals surface area contributed by atoms with Crippen LogP contribution in [-0.2, 0) is 13.2 Å². The topological polar surface area (TPSA) is 62.1 Å². The molecule has 0 radical (unpaired) electrons. The van der Waals surface area contributed by atoms with Gasteiger partial charge in [-0.1, -0.05) is 0 Å². The van der Waals surface area contributed by atoms with Gasteiger partial charge in [0.15, 0.2) is 0 Å². The fourth-order valence-electron chi connectivity index (χ4n) is 1.42. The quantitative estimate of drug-likeness (QED) is 0.888. The van der Waals surface area contributed by atoms with Crippen molar-refractivity contribution in [3.05, 3.63) is 34.0 Å². The number of hydrogen-bond donors (Lipinski definition) is 1. The van der Waals surface area contributed by atoms with E-state index in [0.717, 1.165) is 10.7 Å². The lowest BCUT2D eigenvalue weighted by atomic mass is 10.4. The Labute approximate surface area is 104 Å². The van der Waals surface area contributed by atoms with Crippen molar-refractivity contribution in [1.82, 2.24) is 15.0 Å². The lowest BCUT2D eigenvalue weighted by molar-refractivity contribution is 0.281. The fraction of sp³-hybridized carbons (Fsp3) is 0.364. The minimum Gasteiger partial charge on any atom is -0.392 e. The minimum absolute atomic E-state index is 0.0325. The van der Waals surface area contributed by atoms with Crippen LogP contribution in [0.2, 0.25) is 0 Å². The van der Waals surface area contributed by atoms with Gasteiger partial charge >= 0.3 is 0 Å². The van der Waals surface area contributed by atoms with Gasteiger partial charge < -0.3 is 10.0 Å². The van der Waals surface area contributed by atoms with Gasteiger partial charge in [-0.05, 0) is 6.92 Å². The molecule has 6 heteroatoms. The highest BCUT2D eigenvalue weighted by atomic mass is 32.1. The molecule has 2 aromatic heterocycles. The van der Waals surface area contributed by atoms with Crippen molar-refractivity contribution in [1.29, 1.82) is 0 Å². The molecule has 2 rings (SSSR count). The smallest absolute Gasteiger partial charge is 0.225 e. The molecular formula is C11H14N4OS. The molecule has 0 fully saturated rings. The summed E-state index contributed by atoms with van der Waals surface area (Å²) in [6.45, 7) is 2.64. The van der Waals surface area contributed by atoms with E-state index in [0.29, 0.717) is 18.1 Å². The second-order valence-corrected chi connectivity index (χ2v) is 4.83. The van der Waals surface area contributed by atoms with Crippen LogP contribution in [0.5, 0.6) is 0 Å². The Kier molecular flexibility index (Phi) is 3.65. The predicted octanol–water partition coefficient (Wildman–Crippen LogP) is 1.37. The van der Waals surface area contributed by atoms with Crippen molar-refractivity contribution in [2.75, 3.05) is 11.9 Å². The molecule has 17 heavy (non-hydrogen) atoms. The Balaban J connectivity index is 2.06. The van der Waals surface area contributed by atoms with Crippen molar-refractivity contribution in [2.24, 2.45) is 0 Å². The summed E-state index contributed by atoms with van der Waals surface area (Å²) in [6.07, 6.45) is 3.26. The summed E-state index contributed by atoms with van der Waals surface area (Å²) >= 11 is 1.64. The van der Waals surface area contributed by atoms with E-state index in [9.17, 15) is 0 Å². The average Bonchev–Trinajstić information content (AvgIpc) is 2.75. The Morgan fingerprint density at radius 1 is 1.35 bits per heavy atom. The zero-order chi connectivity index (χ0) is 12.3. The lowest BCUT2D eigenvalue weighted by Crippen LogP contribution is -2.19. The molecule has 2 heterocycles. The minimum atomic E-state index is -0.0325. The van der Waals surface area contributed by atoms with Crippen LogP contribution in [0.15, 0.2) is 17.8 Å². The van der Waals surface area contributed by atoms with Crippen LogP contribution in [0.4, 0.5) is 5.95 Å². The molecular weight excluding hydrogens is 236 g/mol. The van der Waals surface area contributed by atoms with Gasteiger partial charge in [-0.2, -0.15) is 0 Å². The summed E-state index contributed by atoms with van der Waals surface area (Å²) in [4.78, 5) is 14.7. The number of aromatic nitrogens is 3. The molecule has 0 saturated heterocycles. The Bertz CT molecular complexity index is 482. The lowest BCUT2D eigenvalue weighted by Gasteiger charge is -2.15. The summed E-state index contributed by atoms with van der Waals surface area (Å²) in [7, 11) is 1.92. The number of hydrogen-bond acceptors (Lipinski definition) is 6. The van der Waals surface area contributed by atoms with Gasteiger partial charge in [-0.15, -0.1) is 11.3 Å². The first-order valence-corrected chi connectivity index (χ1v) is 6.11. The maximum atomic E-state index is 8.90. The number of aryl methyl sites for hydroxylation is 1. The summed E-state index contributed by atoms with van der Waals surface area (Å²) in [5.41, 5.74) is 1.73. The molecule has 0 unspecified atom stereocenters. The molecule has 0 aliphatic carbocycles. The van der Waals surface area contributed by atoms with Gasteiger partial charge in [0.2, 0.25) is 5.95 Å². The van der Waals surface area contributed by atoms with E-state index < -0.39 is 0 Å². The van der Waals surface area contributed by atoms with E-state index in [-0.39, 0.29) is 6.61 Å². The fourth-order valence-corrected chi connectivity index (χ4v) is 2.03. The molecule has 0 aliphatic rings. The molecule has 0 saturated carbocycles. The van der Waals surface area contributed by atoms with Crippen molar-refractivity contribution in [3.8, 4) is 0 Å². The van der Waals surface area contributed by atoms with Crippen molar-refractivity contribution in [2.45, 2.75) is 20.1 Å². The summed E-state index contributed by atoms with van der Waals surface area (Å²) in [5, 5.41) is 12.0. The first kappa shape index (κ1) is 11.9. The zero-order valence-electron chi connectivity index (χ0n) is 9.79. The highest BCUT2D eigenvalue weighted by Gasteiger charge is 2.07. The van der Waals surface area contributed by atoms with Gasteiger partial charge in [0.1, 0.15) is 0 Å². The highest BCUT2D eigenvalue weighted by molar-refractivity contribution is 7.09. The van der Waals surface area contributed by atoms with Gasteiger partial charge in [0.25, 0.3) is 0 Å². The van der Waals surface area contributed by atoms with Crippen LogP contribution in [-0.4, -0.2) is 27.1 Å². The Hall–Kier alpha value is -1.53. The number of aliphatic hydroxyl groups is 1. The maximum absolute atomic E-state index is 8.90. The number of rotatable bonds is 4. The molecule has 0 spiro atoms. The average molecular weight is 250 g/mol. The summed E-state index contributed by atoms with van der Waals surface area (Å²) < 4.78 is 0. The van der Waals surface area contributed by atoms with Crippen molar-refractivity contribution < 1.29 is 5.11 Å². The standard InChI is InChI=1S/C11H14N4OS/c1-8-14-10(7-17-8)5-15(2)11-12-3-9(6-16)4-13-11/h3-4,7,16H,5-6H2,1-2H3. The van der Waals surface area contributed by atoms with Crippen LogP contribution in [0, 0.1) is 6.92 Å². The maximum Gasteiger partial charge on any atom is 0.225 e. The number of anilines is 1. The van der Waals surface area contributed by atoms with Gasteiger partial charge in [0.05, 0.1) is 23.9 Å². The van der Waals surface area contributed by atoms with Gasteiger partial charge in [-0.25, -0.2) is 15.0 Å². The molecule has 0 amide bonds. The van der Waals surface area contributed by atoms with Crippen LogP contribution in [0.3, 0.4) is 0 Å².